The number of terminal acetylenes is 1. The Kier molecular flexibility index (Phi) is 2.68. The van der Waals surface area contributed by atoms with Crippen molar-refractivity contribution in [2.45, 2.75) is 0 Å². The summed E-state index contributed by atoms with van der Waals surface area (Å²) in [5, 5.41) is 0. The highest BCUT2D eigenvalue weighted by Crippen LogP contribution is 2.13. The summed E-state index contributed by atoms with van der Waals surface area (Å²) in [6.45, 7) is 0. The maximum absolute atomic E-state index is 10.4. The Bertz CT molecular complexity index is 441. The van der Waals surface area contributed by atoms with E-state index in [1.807, 2.05) is 0 Å². The highest BCUT2D eigenvalue weighted by Gasteiger charge is 1.96. The van der Waals surface area contributed by atoms with E-state index >= 15 is 0 Å². The molecule has 0 heterocycles. The smallest absolute Gasteiger partial charge is 0.279 e. The monoisotopic (exact) mass is 197 g/mol. The molecule has 0 radical (unpaired) electrons. The molecule has 0 aliphatic carbocycles. The molecule has 68 valence electrons. The average molecular weight is 197 g/mol. The van der Waals surface area contributed by atoms with Crippen molar-refractivity contribution in [2.75, 3.05) is 0 Å². The number of hydrogen-bond donors (Lipinski definition) is 2. The molecule has 0 unspecified atom stereocenters. The predicted molar refractivity (Wildman–Crippen MR) is 49.9 cm³/mol. The molecule has 0 aliphatic heterocycles. The second-order valence-electron chi connectivity index (χ2n) is 2.25. The van der Waals surface area contributed by atoms with Crippen LogP contribution >= 0.6 is 0 Å². The Morgan fingerprint density at radius 1 is 1.31 bits per heavy atom. The molecule has 5 heteroatoms. The third-order valence-corrected chi connectivity index (χ3v) is 1.71. The number of rotatable bonds is 1. The van der Waals surface area contributed by atoms with Gasteiger partial charge in [-0.05, 0) is 24.3 Å². The topological polar surface area (TPSA) is 69.9 Å². The van der Waals surface area contributed by atoms with Gasteiger partial charge in [0.2, 0.25) is 0 Å². The summed E-state index contributed by atoms with van der Waals surface area (Å²) in [7, 11) is -4.07. The lowest BCUT2D eigenvalue weighted by Crippen LogP contribution is -1.91. The molecule has 0 fully saturated rings. The minimum absolute atomic E-state index is 0.203. The second kappa shape index (κ2) is 3.58. The van der Waals surface area contributed by atoms with Gasteiger partial charge in [0, 0.05) is 5.56 Å². The van der Waals surface area contributed by atoms with Crippen molar-refractivity contribution >= 4 is 16.0 Å². The largest absolute Gasteiger partial charge is 0.292 e. The molecule has 1 rings (SSSR count). The average Bonchev–Trinajstić information content (AvgIpc) is 2.03. The molecule has 0 atom stereocenters. The SMILES string of the molecule is C#Cc1ccc(N=S(=O)(O)O)cc1. The van der Waals surface area contributed by atoms with Gasteiger partial charge in [0.1, 0.15) is 0 Å². The zero-order valence-electron chi connectivity index (χ0n) is 6.54. The number of hydrogen-bond acceptors (Lipinski definition) is 2. The Hall–Kier alpha value is -1.35. The molecule has 0 saturated carbocycles. The van der Waals surface area contributed by atoms with Crippen LogP contribution in [0.5, 0.6) is 0 Å². The summed E-state index contributed by atoms with van der Waals surface area (Å²) in [5.41, 5.74) is 0.843. The summed E-state index contributed by atoms with van der Waals surface area (Å²) < 4.78 is 30.5. The molecule has 13 heavy (non-hydrogen) atoms. The molecule has 2 N–H and O–H groups in total. The lowest BCUT2D eigenvalue weighted by Gasteiger charge is -1.94. The van der Waals surface area contributed by atoms with Gasteiger partial charge in [0.05, 0.1) is 5.69 Å². The summed E-state index contributed by atoms with van der Waals surface area (Å²) in [5.74, 6) is 2.38. The van der Waals surface area contributed by atoms with E-state index in [0.717, 1.165) is 0 Å². The van der Waals surface area contributed by atoms with Gasteiger partial charge in [-0.15, -0.1) is 6.42 Å². The van der Waals surface area contributed by atoms with Gasteiger partial charge in [0.15, 0.2) is 0 Å². The Morgan fingerprint density at radius 2 is 1.85 bits per heavy atom. The Labute approximate surface area is 76.4 Å². The van der Waals surface area contributed by atoms with Crippen LogP contribution in [-0.4, -0.2) is 13.3 Å². The van der Waals surface area contributed by atoms with Crippen molar-refractivity contribution in [1.82, 2.24) is 0 Å². The molecular weight excluding hydrogens is 190 g/mol. The van der Waals surface area contributed by atoms with Crippen molar-refractivity contribution in [3.63, 3.8) is 0 Å². The summed E-state index contributed by atoms with van der Waals surface area (Å²) in [6, 6.07) is 6.01. The van der Waals surface area contributed by atoms with Crippen LogP contribution < -0.4 is 0 Å². The van der Waals surface area contributed by atoms with Crippen molar-refractivity contribution < 1.29 is 13.3 Å². The predicted octanol–water partition coefficient (Wildman–Crippen LogP) is 1.71. The van der Waals surface area contributed by atoms with E-state index in [4.69, 9.17) is 15.5 Å². The maximum Gasteiger partial charge on any atom is 0.292 e. The van der Waals surface area contributed by atoms with Crippen molar-refractivity contribution in [3.05, 3.63) is 29.8 Å². The fraction of sp³-hybridized carbons (Fsp3) is 0. The van der Waals surface area contributed by atoms with Crippen LogP contribution in [0.2, 0.25) is 0 Å². The Morgan fingerprint density at radius 3 is 2.23 bits per heavy atom. The van der Waals surface area contributed by atoms with Crippen molar-refractivity contribution in [1.29, 1.82) is 0 Å². The fourth-order valence-corrected chi connectivity index (χ4v) is 1.15. The van der Waals surface area contributed by atoms with Gasteiger partial charge in [-0.25, -0.2) is 0 Å². The molecule has 4 nitrogen and oxygen atoms in total. The third-order valence-electron chi connectivity index (χ3n) is 1.26. The molecule has 1 aromatic carbocycles. The fourth-order valence-electron chi connectivity index (χ4n) is 0.756. The van der Waals surface area contributed by atoms with Crippen molar-refractivity contribution in [3.8, 4) is 12.3 Å². The van der Waals surface area contributed by atoms with Crippen LogP contribution in [0.3, 0.4) is 0 Å². The van der Waals surface area contributed by atoms with Crippen LogP contribution in [0.4, 0.5) is 5.69 Å². The van der Waals surface area contributed by atoms with Crippen LogP contribution in [0.15, 0.2) is 28.6 Å². The highest BCUT2D eigenvalue weighted by molar-refractivity contribution is 7.82. The highest BCUT2D eigenvalue weighted by atomic mass is 32.2. The molecule has 0 amide bonds. The second-order valence-corrected chi connectivity index (χ2v) is 3.37. The van der Waals surface area contributed by atoms with E-state index in [1.54, 1.807) is 12.1 Å². The zero-order chi connectivity index (χ0) is 9.90. The molecule has 0 aliphatic rings. The van der Waals surface area contributed by atoms with Gasteiger partial charge < -0.3 is 0 Å². The number of nitrogens with zero attached hydrogens (tertiary/aromatic N) is 1. The van der Waals surface area contributed by atoms with E-state index in [1.165, 1.54) is 12.1 Å². The molecular formula is C8H7NO3S. The van der Waals surface area contributed by atoms with Gasteiger partial charge in [-0.2, -0.15) is 8.57 Å². The Balaban J connectivity index is 3.10. The first-order valence-corrected chi connectivity index (χ1v) is 4.73. The van der Waals surface area contributed by atoms with E-state index < -0.39 is 10.3 Å². The minimum Gasteiger partial charge on any atom is -0.279 e. The summed E-state index contributed by atoms with van der Waals surface area (Å²) in [4.78, 5) is 0. The van der Waals surface area contributed by atoms with Crippen LogP contribution in [0.25, 0.3) is 0 Å². The van der Waals surface area contributed by atoms with E-state index in [-0.39, 0.29) is 5.69 Å². The first-order chi connectivity index (χ1) is 6.01. The normalized spacial score (nSPS) is 10.5. The molecule has 0 aromatic heterocycles. The van der Waals surface area contributed by atoms with Crippen LogP contribution in [-0.2, 0) is 10.3 Å². The molecule has 0 bridgehead atoms. The summed E-state index contributed by atoms with van der Waals surface area (Å²) in [6.07, 6.45) is 5.09. The first kappa shape index (κ1) is 9.74. The molecule has 1 aromatic rings. The van der Waals surface area contributed by atoms with E-state index in [9.17, 15) is 4.21 Å². The van der Waals surface area contributed by atoms with E-state index in [0.29, 0.717) is 5.56 Å². The first-order valence-electron chi connectivity index (χ1n) is 3.30. The molecule has 0 spiro atoms. The zero-order valence-corrected chi connectivity index (χ0v) is 7.36. The summed E-state index contributed by atoms with van der Waals surface area (Å²) >= 11 is 0. The van der Waals surface area contributed by atoms with Gasteiger partial charge in [-0.1, -0.05) is 5.92 Å². The molecule has 0 saturated heterocycles. The van der Waals surface area contributed by atoms with E-state index in [2.05, 4.69) is 10.3 Å². The maximum atomic E-state index is 10.4. The quantitative estimate of drug-likeness (QED) is 0.673. The van der Waals surface area contributed by atoms with Gasteiger partial charge in [-0.3, -0.25) is 9.11 Å². The van der Waals surface area contributed by atoms with Gasteiger partial charge >= 0.3 is 0 Å². The van der Waals surface area contributed by atoms with Gasteiger partial charge in [0.25, 0.3) is 10.3 Å². The van der Waals surface area contributed by atoms with Crippen LogP contribution in [0.1, 0.15) is 5.56 Å². The van der Waals surface area contributed by atoms with Crippen molar-refractivity contribution in [2.24, 2.45) is 4.36 Å². The third kappa shape index (κ3) is 3.25. The number of benzene rings is 1. The lowest BCUT2D eigenvalue weighted by atomic mass is 10.2. The lowest BCUT2D eigenvalue weighted by molar-refractivity contribution is 0.439. The minimum atomic E-state index is -4.07. The standard InChI is InChI=1S/C8H7NO3S/c1-2-7-3-5-8(6-4-7)9-13(10,11)12/h1,3-6H,(H2,9,10,11,12). The van der Waals surface area contributed by atoms with Crippen LogP contribution in [0, 0.1) is 12.3 Å².